The zero-order chi connectivity index (χ0) is 32.9. The number of rotatable bonds is 10. The fourth-order valence-corrected chi connectivity index (χ4v) is 4.99. The van der Waals surface area contributed by atoms with Crippen molar-refractivity contribution in [3.8, 4) is 5.75 Å². The first-order chi connectivity index (χ1) is 21.2. The molecule has 1 aliphatic heterocycles. The lowest BCUT2D eigenvalue weighted by Crippen LogP contribution is -2.44. The molecule has 45 heavy (non-hydrogen) atoms. The predicted octanol–water partition coefficient (Wildman–Crippen LogP) is 5.12. The molecule has 3 aromatic rings. The van der Waals surface area contributed by atoms with Crippen molar-refractivity contribution in [2.75, 3.05) is 18.1 Å². The lowest BCUT2D eigenvalue weighted by molar-refractivity contribution is -0.591. The number of pyridine rings is 1. The van der Waals surface area contributed by atoms with Gasteiger partial charge in [0.25, 0.3) is 5.82 Å². The van der Waals surface area contributed by atoms with Crippen LogP contribution in [0.25, 0.3) is 0 Å². The van der Waals surface area contributed by atoms with Crippen LogP contribution in [0.3, 0.4) is 0 Å². The Bertz CT molecular complexity index is 1580. The van der Waals surface area contributed by atoms with Crippen LogP contribution in [0.4, 0.5) is 23.8 Å². The van der Waals surface area contributed by atoms with Gasteiger partial charge < -0.3 is 24.7 Å². The molecule has 0 unspecified atom stereocenters. The summed E-state index contributed by atoms with van der Waals surface area (Å²) in [5, 5.41) is 21.8. The number of nitrogens with zero attached hydrogens (tertiary/aromatic N) is 3. The van der Waals surface area contributed by atoms with Crippen LogP contribution in [0.1, 0.15) is 50.3 Å². The van der Waals surface area contributed by atoms with Crippen molar-refractivity contribution in [3.05, 3.63) is 94.1 Å². The van der Waals surface area contributed by atoms with Crippen LogP contribution >= 0.6 is 0 Å². The lowest BCUT2D eigenvalue weighted by Gasteiger charge is -2.24. The number of amides is 2. The Labute approximate surface area is 258 Å². The van der Waals surface area contributed by atoms with E-state index in [-0.39, 0.29) is 37.5 Å². The second kappa shape index (κ2) is 13.9. The van der Waals surface area contributed by atoms with E-state index in [1.807, 2.05) is 0 Å². The van der Waals surface area contributed by atoms with Crippen molar-refractivity contribution in [2.45, 2.75) is 58.7 Å². The number of benzene rings is 2. The van der Waals surface area contributed by atoms with E-state index in [0.717, 1.165) is 12.1 Å². The molecule has 4 rings (SSSR count). The van der Waals surface area contributed by atoms with Crippen LogP contribution in [0.5, 0.6) is 5.75 Å². The maximum atomic E-state index is 14.5. The number of carboxylic acid groups (broad SMARTS) is 1. The van der Waals surface area contributed by atoms with Crippen LogP contribution in [-0.4, -0.2) is 46.7 Å². The van der Waals surface area contributed by atoms with Crippen molar-refractivity contribution in [2.24, 2.45) is 5.92 Å². The van der Waals surface area contributed by atoms with Crippen LogP contribution < -0.4 is 14.4 Å². The molecule has 0 fully saturated rings. The molecule has 0 aliphatic carbocycles. The quantitative estimate of drug-likeness (QED) is 0.143. The van der Waals surface area contributed by atoms with Gasteiger partial charge >= 0.3 is 12.1 Å². The number of halogens is 3. The maximum absolute atomic E-state index is 14.5. The van der Waals surface area contributed by atoms with Gasteiger partial charge in [0.1, 0.15) is 17.9 Å². The number of ether oxygens (including phenoxy) is 2. The molecular weight excluding hydrogens is 595 g/mol. The van der Waals surface area contributed by atoms with Crippen molar-refractivity contribution < 1.29 is 46.9 Å². The zero-order valence-electron chi connectivity index (χ0n) is 25.1. The molecule has 2 amide bonds. The lowest BCUT2D eigenvalue weighted by atomic mass is 9.94. The van der Waals surface area contributed by atoms with E-state index in [1.165, 1.54) is 28.1 Å². The second-order valence-corrected chi connectivity index (χ2v) is 11.7. The summed E-state index contributed by atoms with van der Waals surface area (Å²) < 4.78 is 53.8. The minimum absolute atomic E-state index is 0.0517. The number of fused-ring (bicyclic) bond motifs is 1. The highest BCUT2D eigenvalue weighted by molar-refractivity contribution is 5.86. The Balaban J connectivity index is 1.50. The van der Waals surface area contributed by atoms with Gasteiger partial charge in [-0.2, -0.15) is 9.69 Å². The van der Waals surface area contributed by atoms with E-state index in [2.05, 4.69) is 0 Å². The van der Waals surface area contributed by atoms with Crippen molar-refractivity contribution in [3.63, 3.8) is 0 Å². The first-order valence-corrected chi connectivity index (χ1v) is 14.3. The van der Waals surface area contributed by atoms with Crippen molar-refractivity contribution >= 4 is 23.8 Å². The molecule has 0 radical (unpaired) electrons. The van der Waals surface area contributed by atoms with E-state index in [4.69, 9.17) is 9.47 Å². The summed E-state index contributed by atoms with van der Waals surface area (Å²) in [6.07, 6.45) is 0.531. The SMILES string of the molecule is CC(C)(C)OC(=O)N(CCCOc1ccc2c(c1)CN(Cc1ccc(F)c(F)c1F)C(=O)[C@H](CC(=O)O)C2)c1cccc[n+]1[O-]. The monoisotopic (exact) mass is 629 g/mol. The summed E-state index contributed by atoms with van der Waals surface area (Å²) in [7, 11) is 0. The Morgan fingerprint density at radius 2 is 1.84 bits per heavy atom. The van der Waals surface area contributed by atoms with E-state index in [1.54, 1.807) is 45.0 Å². The minimum atomic E-state index is -1.66. The number of carbonyl (C=O) groups is 3. The van der Waals surface area contributed by atoms with Gasteiger partial charge in [-0.25, -0.2) is 17.9 Å². The van der Waals surface area contributed by atoms with E-state index in [0.29, 0.717) is 28.0 Å². The topological polar surface area (TPSA) is 123 Å². The Morgan fingerprint density at radius 3 is 2.53 bits per heavy atom. The highest BCUT2D eigenvalue weighted by atomic mass is 19.2. The summed E-state index contributed by atoms with van der Waals surface area (Å²) in [5.41, 5.74) is 0.268. The van der Waals surface area contributed by atoms with Crippen LogP contribution in [0, 0.1) is 28.6 Å². The molecule has 240 valence electrons. The molecule has 2 aromatic carbocycles. The summed E-state index contributed by atoms with van der Waals surface area (Å²) >= 11 is 0. The number of carbonyl (C=O) groups excluding carboxylic acids is 2. The Kier molecular flexibility index (Phi) is 10.2. The summed E-state index contributed by atoms with van der Waals surface area (Å²) in [6, 6.07) is 11.5. The third-order valence-corrected chi connectivity index (χ3v) is 7.05. The van der Waals surface area contributed by atoms with Crippen LogP contribution in [0.15, 0.2) is 54.7 Å². The fourth-order valence-electron chi connectivity index (χ4n) is 4.99. The largest absolute Gasteiger partial charge is 0.711 e. The summed E-state index contributed by atoms with van der Waals surface area (Å²) in [6.45, 7) is 4.93. The van der Waals surface area contributed by atoms with Gasteiger partial charge in [0.05, 0.1) is 25.1 Å². The molecule has 1 aliphatic rings. The zero-order valence-corrected chi connectivity index (χ0v) is 25.1. The number of hydrogen-bond donors (Lipinski definition) is 1. The van der Waals surface area contributed by atoms with Crippen LogP contribution in [0.2, 0.25) is 0 Å². The molecule has 0 bridgehead atoms. The van der Waals surface area contributed by atoms with Gasteiger partial charge in [0.2, 0.25) is 5.91 Å². The normalized spacial score (nSPS) is 14.8. The molecule has 0 saturated carbocycles. The molecule has 0 saturated heterocycles. The number of hydrogen-bond acceptors (Lipinski definition) is 6. The van der Waals surface area contributed by atoms with Gasteiger partial charge in [-0.15, -0.1) is 0 Å². The molecular formula is C32H34F3N3O7. The molecule has 1 atom stereocenters. The Morgan fingerprint density at radius 1 is 1.09 bits per heavy atom. The first-order valence-electron chi connectivity index (χ1n) is 14.3. The third-order valence-electron chi connectivity index (χ3n) is 7.05. The second-order valence-electron chi connectivity index (χ2n) is 11.7. The molecule has 0 spiro atoms. The van der Waals surface area contributed by atoms with Crippen molar-refractivity contribution in [1.29, 1.82) is 0 Å². The van der Waals surface area contributed by atoms with E-state index < -0.39 is 59.9 Å². The first kappa shape index (κ1) is 33.1. The fraction of sp³-hybridized carbons (Fsp3) is 0.375. The maximum Gasteiger partial charge on any atom is 0.507 e. The highest BCUT2D eigenvalue weighted by Crippen LogP contribution is 2.30. The van der Waals surface area contributed by atoms with Crippen molar-refractivity contribution in [1.82, 2.24) is 4.90 Å². The number of anilines is 1. The number of aliphatic carboxylic acids is 1. The Hall–Kier alpha value is -4.81. The molecule has 1 aromatic heterocycles. The van der Waals surface area contributed by atoms with Gasteiger partial charge in [-0.05, 0) is 62.6 Å². The minimum Gasteiger partial charge on any atom is -0.711 e. The standard InChI is InChI=1S/C32H34F3N3O7/c1-32(2,3)45-31(42)37(26-7-4-5-13-38(26)43)12-6-14-44-24-10-8-20-15-22(17-27(39)40)30(41)36(19-23(20)16-24)18-21-9-11-25(33)29(35)28(21)34/h4-5,7-11,13,16,22H,6,12,14-15,17-19H2,1-3H3,(H,39,40)/t22-/m0/s1. The molecule has 2 heterocycles. The summed E-state index contributed by atoms with van der Waals surface area (Å²) in [4.78, 5) is 40.2. The third kappa shape index (κ3) is 8.43. The molecule has 10 nitrogen and oxygen atoms in total. The highest BCUT2D eigenvalue weighted by Gasteiger charge is 2.33. The average molecular weight is 630 g/mol. The van der Waals surface area contributed by atoms with Gasteiger partial charge in [0, 0.05) is 31.1 Å². The van der Waals surface area contributed by atoms with Gasteiger partial charge in [0.15, 0.2) is 17.5 Å². The number of carboxylic acids is 1. The van der Waals surface area contributed by atoms with Gasteiger partial charge in [-0.1, -0.05) is 18.2 Å². The molecule has 1 N–H and O–H groups in total. The smallest absolute Gasteiger partial charge is 0.507 e. The van der Waals surface area contributed by atoms with Crippen LogP contribution in [-0.2, 0) is 33.8 Å². The number of aromatic nitrogens is 1. The molecule has 13 heteroatoms. The average Bonchev–Trinajstić information content (AvgIpc) is 3.08. The van der Waals surface area contributed by atoms with E-state index >= 15 is 0 Å². The van der Waals surface area contributed by atoms with Gasteiger partial charge in [-0.3, -0.25) is 9.59 Å². The summed E-state index contributed by atoms with van der Waals surface area (Å²) in [5.74, 6) is -6.63. The van der Waals surface area contributed by atoms with E-state index in [9.17, 15) is 37.9 Å². The predicted molar refractivity (Wildman–Crippen MR) is 156 cm³/mol.